The van der Waals surface area contributed by atoms with Gasteiger partial charge in [0, 0.05) is 18.6 Å². The van der Waals surface area contributed by atoms with Gasteiger partial charge in [-0.15, -0.1) is 0 Å². The van der Waals surface area contributed by atoms with Crippen molar-refractivity contribution in [2.75, 3.05) is 27.2 Å². The molecule has 0 amide bonds. The van der Waals surface area contributed by atoms with Crippen LogP contribution in [0.15, 0.2) is 0 Å². The smallest absolute Gasteiger partial charge is 0.312 e. The second-order valence-electron chi connectivity index (χ2n) is 5.81. The van der Waals surface area contributed by atoms with Gasteiger partial charge >= 0.3 is 5.97 Å². The van der Waals surface area contributed by atoms with Gasteiger partial charge in [0.15, 0.2) is 0 Å². The number of ether oxygens (including phenoxy) is 1. The molecule has 0 radical (unpaired) electrons. The maximum atomic E-state index is 11.6. The van der Waals surface area contributed by atoms with Crippen LogP contribution in [0.3, 0.4) is 0 Å². The van der Waals surface area contributed by atoms with E-state index in [4.69, 9.17) is 4.74 Å². The van der Waals surface area contributed by atoms with E-state index in [-0.39, 0.29) is 5.97 Å². The van der Waals surface area contributed by atoms with Gasteiger partial charge in [0.25, 0.3) is 0 Å². The minimum atomic E-state index is -0.443. The quantitative estimate of drug-likeness (QED) is 0.754. The number of rotatable bonds is 4. The summed E-state index contributed by atoms with van der Waals surface area (Å²) in [6.07, 6.45) is 2.30. The maximum absolute atomic E-state index is 11.6. The van der Waals surface area contributed by atoms with Crippen LogP contribution in [0.5, 0.6) is 0 Å². The minimum Gasteiger partial charge on any atom is -0.469 e. The predicted molar refractivity (Wildman–Crippen MR) is 68.9 cm³/mol. The fraction of sp³-hybridized carbons (Fsp3) is 0.923. The number of nitrogens with zero attached hydrogens (tertiary/aromatic N) is 1. The summed E-state index contributed by atoms with van der Waals surface area (Å²) in [4.78, 5) is 13.9. The lowest BCUT2D eigenvalue weighted by molar-refractivity contribution is -0.150. The SMILES string of the molecule is COC(=O)C(C)(C)CNC1CCN(C)C(C)C1. The molecule has 1 aliphatic rings. The summed E-state index contributed by atoms with van der Waals surface area (Å²) in [5.74, 6) is -0.147. The van der Waals surface area contributed by atoms with Gasteiger partial charge in [-0.3, -0.25) is 4.79 Å². The van der Waals surface area contributed by atoms with E-state index in [1.54, 1.807) is 0 Å². The number of nitrogens with one attached hydrogen (secondary N) is 1. The highest BCUT2D eigenvalue weighted by Crippen LogP contribution is 2.19. The Morgan fingerprint density at radius 3 is 2.71 bits per heavy atom. The molecule has 0 aromatic carbocycles. The number of hydrogen-bond acceptors (Lipinski definition) is 4. The number of carbonyl (C=O) groups is 1. The van der Waals surface area contributed by atoms with Crippen LogP contribution < -0.4 is 5.32 Å². The van der Waals surface area contributed by atoms with E-state index in [0.29, 0.717) is 18.6 Å². The molecule has 0 bridgehead atoms. The van der Waals surface area contributed by atoms with Crippen molar-refractivity contribution in [3.8, 4) is 0 Å². The molecule has 0 spiro atoms. The fourth-order valence-corrected chi connectivity index (χ4v) is 2.22. The Kier molecular flexibility index (Phi) is 4.95. The van der Waals surface area contributed by atoms with Gasteiger partial charge in [-0.2, -0.15) is 0 Å². The van der Waals surface area contributed by atoms with E-state index in [1.165, 1.54) is 7.11 Å². The third kappa shape index (κ3) is 3.96. The molecule has 4 heteroatoms. The average Bonchev–Trinajstić information content (AvgIpc) is 2.29. The molecule has 4 nitrogen and oxygen atoms in total. The topological polar surface area (TPSA) is 41.6 Å². The fourth-order valence-electron chi connectivity index (χ4n) is 2.22. The first-order valence-corrected chi connectivity index (χ1v) is 6.39. The highest BCUT2D eigenvalue weighted by Gasteiger charge is 2.30. The number of hydrogen-bond donors (Lipinski definition) is 1. The average molecular weight is 242 g/mol. The van der Waals surface area contributed by atoms with Crippen LogP contribution in [0.2, 0.25) is 0 Å². The summed E-state index contributed by atoms with van der Waals surface area (Å²) in [6, 6.07) is 1.13. The molecule has 100 valence electrons. The van der Waals surface area contributed by atoms with E-state index < -0.39 is 5.41 Å². The van der Waals surface area contributed by atoms with Crippen molar-refractivity contribution in [2.45, 2.75) is 45.7 Å². The van der Waals surface area contributed by atoms with E-state index in [1.807, 2.05) is 13.8 Å². The van der Waals surface area contributed by atoms with Crippen LogP contribution in [-0.4, -0.2) is 50.2 Å². The predicted octanol–water partition coefficient (Wildman–Crippen LogP) is 1.26. The minimum absolute atomic E-state index is 0.147. The Morgan fingerprint density at radius 1 is 1.53 bits per heavy atom. The number of carbonyl (C=O) groups excluding carboxylic acids is 1. The highest BCUT2D eigenvalue weighted by atomic mass is 16.5. The zero-order valence-corrected chi connectivity index (χ0v) is 11.7. The van der Waals surface area contributed by atoms with Crippen LogP contribution in [0, 0.1) is 5.41 Å². The van der Waals surface area contributed by atoms with Crippen molar-refractivity contribution in [1.29, 1.82) is 0 Å². The van der Waals surface area contributed by atoms with Gasteiger partial charge in [-0.1, -0.05) is 0 Å². The van der Waals surface area contributed by atoms with E-state index in [9.17, 15) is 4.79 Å². The van der Waals surface area contributed by atoms with Crippen molar-refractivity contribution in [3.05, 3.63) is 0 Å². The van der Waals surface area contributed by atoms with Crippen LogP contribution in [0.4, 0.5) is 0 Å². The lowest BCUT2D eigenvalue weighted by Crippen LogP contribution is -2.48. The van der Waals surface area contributed by atoms with Crippen molar-refractivity contribution in [2.24, 2.45) is 5.41 Å². The van der Waals surface area contributed by atoms with Crippen LogP contribution in [0.25, 0.3) is 0 Å². The maximum Gasteiger partial charge on any atom is 0.312 e. The Balaban J connectivity index is 2.38. The lowest BCUT2D eigenvalue weighted by Gasteiger charge is -2.36. The van der Waals surface area contributed by atoms with Crippen LogP contribution >= 0.6 is 0 Å². The highest BCUT2D eigenvalue weighted by molar-refractivity contribution is 5.76. The molecule has 17 heavy (non-hydrogen) atoms. The molecular weight excluding hydrogens is 216 g/mol. The Labute approximate surface area is 105 Å². The van der Waals surface area contributed by atoms with Gasteiger partial charge in [0.1, 0.15) is 0 Å². The molecule has 2 unspecified atom stereocenters. The second kappa shape index (κ2) is 5.83. The van der Waals surface area contributed by atoms with Crippen molar-refractivity contribution in [3.63, 3.8) is 0 Å². The standard InChI is InChI=1S/C13H26N2O2/c1-10-8-11(6-7-15(10)4)14-9-13(2,3)12(16)17-5/h10-11,14H,6-9H2,1-5H3. The van der Waals surface area contributed by atoms with Crippen molar-refractivity contribution >= 4 is 5.97 Å². The first-order valence-electron chi connectivity index (χ1n) is 6.39. The zero-order valence-electron chi connectivity index (χ0n) is 11.7. The van der Waals surface area contributed by atoms with Crippen molar-refractivity contribution < 1.29 is 9.53 Å². The van der Waals surface area contributed by atoms with Crippen LogP contribution in [0.1, 0.15) is 33.6 Å². The van der Waals surface area contributed by atoms with Gasteiger partial charge in [-0.05, 0) is 47.2 Å². The van der Waals surface area contributed by atoms with Gasteiger partial charge in [0.05, 0.1) is 12.5 Å². The van der Waals surface area contributed by atoms with E-state index >= 15 is 0 Å². The largest absolute Gasteiger partial charge is 0.469 e. The lowest BCUT2D eigenvalue weighted by atomic mass is 9.92. The van der Waals surface area contributed by atoms with Crippen LogP contribution in [-0.2, 0) is 9.53 Å². The zero-order chi connectivity index (χ0) is 13.1. The Hall–Kier alpha value is -0.610. The Bertz CT molecular complexity index is 266. The van der Waals surface area contributed by atoms with Gasteiger partial charge in [0.2, 0.25) is 0 Å². The summed E-state index contributed by atoms with van der Waals surface area (Å²) in [5, 5.41) is 3.50. The van der Waals surface area contributed by atoms with Gasteiger partial charge in [-0.25, -0.2) is 0 Å². The number of likely N-dealkylation sites (tertiary alicyclic amines) is 1. The molecule has 1 heterocycles. The van der Waals surface area contributed by atoms with Crippen molar-refractivity contribution in [1.82, 2.24) is 10.2 Å². The first kappa shape index (κ1) is 14.5. The normalized spacial score (nSPS) is 26.9. The van der Waals surface area contributed by atoms with E-state index in [2.05, 4.69) is 24.2 Å². The molecule has 0 saturated carbocycles. The summed E-state index contributed by atoms with van der Waals surface area (Å²) < 4.78 is 4.81. The molecule has 1 fully saturated rings. The third-order valence-electron chi connectivity index (χ3n) is 3.78. The molecular formula is C13H26N2O2. The summed E-state index contributed by atoms with van der Waals surface area (Å²) in [7, 11) is 3.61. The molecule has 0 aromatic rings. The summed E-state index contributed by atoms with van der Waals surface area (Å²) in [5.41, 5.74) is -0.443. The third-order valence-corrected chi connectivity index (χ3v) is 3.78. The molecule has 1 rings (SSSR count). The monoisotopic (exact) mass is 242 g/mol. The number of methoxy groups -OCH3 is 1. The molecule has 2 atom stereocenters. The molecule has 1 saturated heterocycles. The first-order chi connectivity index (χ1) is 7.86. The number of piperidine rings is 1. The Morgan fingerprint density at radius 2 is 2.18 bits per heavy atom. The van der Waals surface area contributed by atoms with E-state index in [0.717, 1.165) is 19.4 Å². The summed E-state index contributed by atoms with van der Waals surface area (Å²) >= 11 is 0. The molecule has 0 aliphatic carbocycles. The summed E-state index contributed by atoms with van der Waals surface area (Å²) in [6.45, 7) is 7.89. The molecule has 1 N–H and O–H groups in total. The molecule has 0 aromatic heterocycles. The second-order valence-corrected chi connectivity index (χ2v) is 5.81. The number of esters is 1. The molecule has 1 aliphatic heterocycles. The van der Waals surface area contributed by atoms with Gasteiger partial charge < -0.3 is 15.0 Å².